The lowest BCUT2D eigenvalue weighted by atomic mass is 9.88. The minimum Gasteiger partial charge on any atom is -0.497 e. The number of benzene rings is 2. The molecule has 5 nitrogen and oxygen atoms in total. The first-order chi connectivity index (χ1) is 13.1. The summed E-state index contributed by atoms with van der Waals surface area (Å²) in [5, 5.41) is 14.1. The number of hydrogen-bond acceptors (Lipinski definition) is 4. The molecule has 1 aliphatic rings. The number of carboxylic acid groups (broad SMARTS) is 1. The van der Waals surface area contributed by atoms with Gasteiger partial charge >= 0.3 is 5.97 Å². The van der Waals surface area contributed by atoms with Crippen LogP contribution >= 0.6 is 11.3 Å². The predicted octanol–water partition coefficient (Wildman–Crippen LogP) is 4.60. The smallest absolute Gasteiger partial charge is 0.335 e. The van der Waals surface area contributed by atoms with E-state index in [1.807, 2.05) is 24.3 Å². The normalized spacial score (nSPS) is 15.7. The SMILES string of the molecule is COc1ccc(-c2csc3c2NC(=O)C[C@H]3c2ccc(C(=O)O)cc2)cc1. The summed E-state index contributed by atoms with van der Waals surface area (Å²) in [6.45, 7) is 0. The molecule has 2 N–H and O–H groups in total. The fourth-order valence-electron chi connectivity index (χ4n) is 3.34. The van der Waals surface area contributed by atoms with E-state index in [4.69, 9.17) is 9.84 Å². The number of rotatable bonds is 4. The topological polar surface area (TPSA) is 75.6 Å². The van der Waals surface area contributed by atoms with Gasteiger partial charge in [0.2, 0.25) is 5.91 Å². The van der Waals surface area contributed by atoms with Crippen LogP contribution in [0.4, 0.5) is 5.69 Å². The van der Waals surface area contributed by atoms with E-state index in [1.165, 1.54) is 0 Å². The highest BCUT2D eigenvalue weighted by atomic mass is 32.1. The van der Waals surface area contributed by atoms with Gasteiger partial charge in [-0.15, -0.1) is 11.3 Å². The zero-order valence-corrected chi connectivity index (χ0v) is 15.4. The summed E-state index contributed by atoms with van der Waals surface area (Å²) >= 11 is 1.61. The molecule has 1 aliphatic heterocycles. The maximum absolute atomic E-state index is 12.3. The highest BCUT2D eigenvalue weighted by Gasteiger charge is 2.30. The highest BCUT2D eigenvalue weighted by molar-refractivity contribution is 7.11. The number of carbonyl (C=O) groups is 2. The Morgan fingerprint density at radius 1 is 1.15 bits per heavy atom. The molecule has 0 bridgehead atoms. The lowest BCUT2D eigenvalue weighted by Crippen LogP contribution is -2.22. The lowest BCUT2D eigenvalue weighted by Gasteiger charge is -2.24. The lowest BCUT2D eigenvalue weighted by molar-refractivity contribution is -0.116. The summed E-state index contributed by atoms with van der Waals surface area (Å²) in [6.07, 6.45) is 0.349. The van der Waals surface area contributed by atoms with Crippen LogP contribution < -0.4 is 10.1 Å². The van der Waals surface area contributed by atoms with Crippen LogP contribution in [0.25, 0.3) is 11.1 Å². The molecule has 0 saturated carbocycles. The number of hydrogen-bond donors (Lipinski definition) is 2. The van der Waals surface area contributed by atoms with E-state index < -0.39 is 5.97 Å². The summed E-state index contributed by atoms with van der Waals surface area (Å²) in [7, 11) is 1.63. The summed E-state index contributed by atoms with van der Waals surface area (Å²) in [5.41, 5.74) is 4.02. The number of methoxy groups -OCH3 is 1. The van der Waals surface area contributed by atoms with Crippen LogP contribution in [-0.2, 0) is 4.79 Å². The number of carbonyl (C=O) groups excluding carboxylic acids is 1. The second-order valence-corrected chi connectivity index (χ2v) is 7.26. The molecular formula is C21H17NO4S. The maximum Gasteiger partial charge on any atom is 0.335 e. The third-order valence-corrected chi connectivity index (χ3v) is 5.85. The van der Waals surface area contributed by atoms with Gasteiger partial charge in [-0.25, -0.2) is 4.79 Å². The Morgan fingerprint density at radius 3 is 2.48 bits per heavy atom. The molecule has 6 heteroatoms. The van der Waals surface area contributed by atoms with Crippen LogP contribution in [0.1, 0.15) is 33.1 Å². The van der Waals surface area contributed by atoms with Crippen molar-refractivity contribution < 1.29 is 19.4 Å². The van der Waals surface area contributed by atoms with Gasteiger partial charge in [-0.2, -0.15) is 0 Å². The number of aromatic carboxylic acids is 1. The summed E-state index contributed by atoms with van der Waals surface area (Å²) in [4.78, 5) is 24.5. The van der Waals surface area contributed by atoms with Crippen molar-refractivity contribution in [3.8, 4) is 16.9 Å². The van der Waals surface area contributed by atoms with Crippen LogP contribution in [0.15, 0.2) is 53.9 Å². The van der Waals surface area contributed by atoms with Crippen molar-refractivity contribution in [2.24, 2.45) is 0 Å². The monoisotopic (exact) mass is 379 g/mol. The van der Waals surface area contributed by atoms with Crippen molar-refractivity contribution in [1.29, 1.82) is 0 Å². The van der Waals surface area contributed by atoms with Crippen molar-refractivity contribution in [3.05, 3.63) is 69.9 Å². The number of amides is 1. The quantitative estimate of drug-likeness (QED) is 0.695. The van der Waals surface area contributed by atoms with Crippen molar-refractivity contribution in [2.75, 3.05) is 12.4 Å². The number of thiophene rings is 1. The fraction of sp³-hybridized carbons (Fsp3) is 0.143. The first-order valence-corrected chi connectivity index (χ1v) is 9.33. The molecule has 3 aromatic rings. The van der Waals surface area contributed by atoms with E-state index in [0.29, 0.717) is 6.42 Å². The van der Waals surface area contributed by atoms with Gasteiger partial charge in [0.05, 0.1) is 18.4 Å². The average molecular weight is 379 g/mol. The molecule has 1 amide bonds. The molecule has 0 fully saturated rings. The molecule has 1 atom stereocenters. The standard InChI is InChI=1S/C21H17NO4S/c1-26-15-8-6-13(7-9-15)17-11-27-20-16(10-18(23)22-19(17)20)12-2-4-14(5-3-12)21(24)25/h2-9,11,16H,10H2,1H3,(H,22,23)(H,24,25)/t16-/m0/s1. The van der Waals surface area contributed by atoms with E-state index in [1.54, 1.807) is 42.7 Å². The molecule has 1 aromatic heterocycles. The van der Waals surface area contributed by atoms with Gasteiger partial charge in [0, 0.05) is 28.2 Å². The predicted molar refractivity (Wildman–Crippen MR) is 105 cm³/mol. The van der Waals surface area contributed by atoms with Gasteiger partial charge in [0.1, 0.15) is 5.75 Å². The van der Waals surface area contributed by atoms with Gasteiger partial charge in [-0.1, -0.05) is 24.3 Å². The molecule has 136 valence electrons. The Bertz CT molecular complexity index is 1010. The van der Waals surface area contributed by atoms with Gasteiger partial charge in [0.25, 0.3) is 0 Å². The third kappa shape index (κ3) is 3.19. The summed E-state index contributed by atoms with van der Waals surface area (Å²) in [6, 6.07) is 14.5. The van der Waals surface area contributed by atoms with Crippen LogP contribution in [0.3, 0.4) is 0 Å². The molecule has 2 heterocycles. The summed E-state index contributed by atoms with van der Waals surface area (Å²) in [5.74, 6) is -0.290. The van der Waals surface area contributed by atoms with Crippen LogP contribution in [0.2, 0.25) is 0 Å². The van der Waals surface area contributed by atoms with Crippen molar-refractivity contribution in [3.63, 3.8) is 0 Å². The Labute approximate surface area is 160 Å². The van der Waals surface area contributed by atoms with E-state index in [9.17, 15) is 9.59 Å². The van der Waals surface area contributed by atoms with Gasteiger partial charge in [-0.3, -0.25) is 4.79 Å². The van der Waals surface area contributed by atoms with E-state index in [-0.39, 0.29) is 17.4 Å². The molecule has 4 rings (SSSR count). The number of anilines is 1. The minimum atomic E-state index is -0.957. The molecule has 0 saturated heterocycles. The molecule has 0 unspecified atom stereocenters. The first-order valence-electron chi connectivity index (χ1n) is 8.45. The largest absolute Gasteiger partial charge is 0.497 e. The van der Waals surface area contributed by atoms with Crippen LogP contribution in [0, 0.1) is 0 Å². The molecule has 0 aliphatic carbocycles. The average Bonchev–Trinajstić information content (AvgIpc) is 3.11. The molecule has 27 heavy (non-hydrogen) atoms. The molecular weight excluding hydrogens is 362 g/mol. The Balaban J connectivity index is 1.73. The van der Waals surface area contributed by atoms with Gasteiger partial charge in [0.15, 0.2) is 0 Å². The maximum atomic E-state index is 12.3. The van der Waals surface area contributed by atoms with Crippen molar-refractivity contribution in [1.82, 2.24) is 0 Å². The zero-order valence-electron chi connectivity index (χ0n) is 14.6. The number of nitrogens with one attached hydrogen (secondary N) is 1. The van der Waals surface area contributed by atoms with E-state index in [0.717, 1.165) is 33.0 Å². The first kappa shape index (κ1) is 17.3. The van der Waals surface area contributed by atoms with Crippen LogP contribution in [-0.4, -0.2) is 24.1 Å². The van der Waals surface area contributed by atoms with Crippen molar-refractivity contribution in [2.45, 2.75) is 12.3 Å². The zero-order chi connectivity index (χ0) is 19.0. The van der Waals surface area contributed by atoms with E-state index >= 15 is 0 Å². The second kappa shape index (κ2) is 6.89. The number of carboxylic acids is 1. The van der Waals surface area contributed by atoms with E-state index in [2.05, 4.69) is 10.7 Å². The molecule has 2 aromatic carbocycles. The molecule has 0 radical (unpaired) electrons. The van der Waals surface area contributed by atoms with Gasteiger partial charge in [-0.05, 0) is 35.4 Å². The second-order valence-electron chi connectivity index (χ2n) is 6.35. The molecule has 0 spiro atoms. The van der Waals surface area contributed by atoms with Crippen molar-refractivity contribution >= 4 is 28.9 Å². The van der Waals surface area contributed by atoms with Gasteiger partial charge < -0.3 is 15.2 Å². The van der Waals surface area contributed by atoms with Crippen LogP contribution in [0.5, 0.6) is 5.75 Å². The minimum absolute atomic E-state index is 0.0389. The fourth-order valence-corrected chi connectivity index (χ4v) is 4.50. The summed E-state index contributed by atoms with van der Waals surface area (Å²) < 4.78 is 5.21. The highest BCUT2D eigenvalue weighted by Crippen LogP contribution is 2.46. The third-order valence-electron chi connectivity index (χ3n) is 4.75. The Kier molecular flexibility index (Phi) is 4.41. The Morgan fingerprint density at radius 2 is 1.85 bits per heavy atom. The Hall–Kier alpha value is -3.12. The number of fused-ring (bicyclic) bond motifs is 1. The number of ether oxygens (including phenoxy) is 1.